The fourth-order valence-corrected chi connectivity index (χ4v) is 3.97. The number of nitrogens with zero attached hydrogens (tertiary/aromatic N) is 2. The van der Waals surface area contributed by atoms with E-state index in [-0.39, 0.29) is 0 Å². The van der Waals surface area contributed by atoms with Crippen LogP contribution < -0.4 is 4.90 Å². The van der Waals surface area contributed by atoms with E-state index in [1.54, 1.807) is 0 Å². The Morgan fingerprint density at radius 3 is 2.17 bits per heavy atom. The monoisotopic (exact) mass is 321 g/mol. The maximum absolute atomic E-state index is 4.04. The summed E-state index contributed by atoms with van der Waals surface area (Å²) in [6.07, 6.45) is 3.25. The Morgan fingerprint density at radius 1 is 1.00 bits per heavy atom. The smallest absolute Gasteiger partial charge is 0.0974 e. The Bertz CT molecular complexity index is 628. The van der Waals surface area contributed by atoms with Gasteiger partial charge in [0.05, 0.1) is 38.8 Å². The van der Waals surface area contributed by atoms with Gasteiger partial charge in [0.2, 0.25) is 0 Å². The van der Waals surface area contributed by atoms with Gasteiger partial charge in [-0.25, -0.2) is 0 Å². The number of rotatable bonds is 6. The first-order chi connectivity index (χ1) is 11.7. The molecule has 0 spiro atoms. The lowest BCUT2D eigenvalue weighted by Crippen LogP contribution is -2.64. The summed E-state index contributed by atoms with van der Waals surface area (Å²) in [6, 6.07) is 22.3. The highest BCUT2D eigenvalue weighted by Crippen LogP contribution is 2.24. The van der Waals surface area contributed by atoms with E-state index in [4.69, 9.17) is 0 Å². The van der Waals surface area contributed by atoms with Crippen LogP contribution in [0.5, 0.6) is 0 Å². The van der Waals surface area contributed by atoms with Crippen molar-refractivity contribution in [2.24, 2.45) is 0 Å². The molecule has 0 aromatic heterocycles. The van der Waals surface area contributed by atoms with Crippen molar-refractivity contribution in [2.75, 3.05) is 37.6 Å². The van der Waals surface area contributed by atoms with E-state index in [1.807, 2.05) is 0 Å². The lowest BCUT2D eigenvalue weighted by molar-refractivity contribution is -0.944. The summed E-state index contributed by atoms with van der Waals surface area (Å²) < 4.78 is 1.15. The number of benzene rings is 2. The first kappa shape index (κ1) is 16.8. The van der Waals surface area contributed by atoms with E-state index in [9.17, 15) is 0 Å². The molecule has 2 aromatic rings. The summed E-state index contributed by atoms with van der Waals surface area (Å²) in [5.74, 6) is 0. The Labute approximate surface area is 146 Å². The topological polar surface area (TPSA) is 3.24 Å². The summed E-state index contributed by atoms with van der Waals surface area (Å²) in [6.45, 7) is 12.1. The molecule has 1 aliphatic heterocycles. The van der Waals surface area contributed by atoms with Gasteiger partial charge in [0.25, 0.3) is 0 Å². The van der Waals surface area contributed by atoms with Gasteiger partial charge in [0.1, 0.15) is 0 Å². The molecule has 0 radical (unpaired) electrons. The van der Waals surface area contributed by atoms with Gasteiger partial charge in [-0.1, -0.05) is 55.1 Å². The molecule has 1 fully saturated rings. The molecule has 0 amide bonds. The Morgan fingerprint density at radius 2 is 1.58 bits per heavy atom. The van der Waals surface area contributed by atoms with Crippen LogP contribution in [0.3, 0.4) is 0 Å². The number of piperazine rings is 1. The molecule has 0 bridgehead atoms. The fraction of sp³-hybridized carbons (Fsp3) is 0.364. The van der Waals surface area contributed by atoms with Crippen LogP contribution >= 0.6 is 0 Å². The van der Waals surface area contributed by atoms with Crippen LogP contribution in [-0.4, -0.2) is 43.2 Å². The molecule has 0 aliphatic carbocycles. The summed E-state index contributed by atoms with van der Waals surface area (Å²) in [4.78, 5) is 2.52. The molecule has 3 rings (SSSR count). The quantitative estimate of drug-likeness (QED) is 0.571. The molecule has 1 atom stereocenters. The van der Waals surface area contributed by atoms with Crippen molar-refractivity contribution in [3.05, 3.63) is 78.9 Å². The van der Waals surface area contributed by atoms with Crippen molar-refractivity contribution in [3.63, 3.8) is 0 Å². The van der Waals surface area contributed by atoms with Gasteiger partial charge in [-0.05, 0) is 30.7 Å². The largest absolute Gasteiger partial charge is 0.360 e. The van der Waals surface area contributed by atoms with E-state index < -0.39 is 0 Å². The third-order valence-electron chi connectivity index (χ3n) is 5.55. The summed E-state index contributed by atoms with van der Waals surface area (Å²) in [7, 11) is 0. The lowest BCUT2D eigenvalue weighted by Gasteiger charge is -2.49. The molecule has 0 N–H and O–H groups in total. The van der Waals surface area contributed by atoms with Gasteiger partial charge in [-0.15, -0.1) is 0 Å². The zero-order valence-corrected chi connectivity index (χ0v) is 14.8. The van der Waals surface area contributed by atoms with Crippen molar-refractivity contribution in [2.45, 2.75) is 19.4 Å². The second kappa shape index (κ2) is 7.67. The zero-order chi connectivity index (χ0) is 16.8. The Balaban J connectivity index is 1.70. The van der Waals surface area contributed by atoms with Crippen molar-refractivity contribution >= 4 is 5.69 Å². The number of para-hydroxylation sites is 1. The van der Waals surface area contributed by atoms with Gasteiger partial charge in [0.15, 0.2) is 0 Å². The molecule has 1 aliphatic rings. The van der Waals surface area contributed by atoms with E-state index in [0.29, 0.717) is 6.04 Å². The molecule has 0 saturated carbocycles. The first-order valence-electron chi connectivity index (χ1n) is 9.04. The number of hydrogen-bond acceptors (Lipinski definition) is 1. The minimum Gasteiger partial charge on any atom is -0.360 e. The van der Waals surface area contributed by atoms with Gasteiger partial charge in [-0.2, -0.15) is 0 Å². The molecule has 126 valence electrons. The van der Waals surface area contributed by atoms with Crippen LogP contribution in [0.1, 0.15) is 12.5 Å². The summed E-state index contributed by atoms with van der Waals surface area (Å²) in [5, 5.41) is 0. The van der Waals surface area contributed by atoms with Crippen molar-refractivity contribution in [1.29, 1.82) is 0 Å². The van der Waals surface area contributed by atoms with Crippen molar-refractivity contribution in [1.82, 2.24) is 0 Å². The molecule has 1 unspecified atom stereocenters. The normalized spacial score (nSPS) is 18.1. The SMILES string of the molecule is C=CC[N+]1(C(C)Cc2ccccc2)CCN(c2ccccc2)CC1. The molecule has 1 saturated heterocycles. The Hall–Kier alpha value is -2.06. The third kappa shape index (κ3) is 3.70. The van der Waals surface area contributed by atoms with Gasteiger partial charge >= 0.3 is 0 Å². The highest BCUT2D eigenvalue weighted by molar-refractivity contribution is 5.46. The molecular formula is C22H29N2+. The molecular weight excluding hydrogens is 292 g/mol. The van der Waals surface area contributed by atoms with Crippen LogP contribution in [0.15, 0.2) is 73.3 Å². The average molecular weight is 321 g/mol. The summed E-state index contributed by atoms with van der Waals surface area (Å²) >= 11 is 0. The molecule has 1 heterocycles. The average Bonchev–Trinajstić information content (AvgIpc) is 2.64. The van der Waals surface area contributed by atoms with Gasteiger partial charge < -0.3 is 9.38 Å². The van der Waals surface area contributed by atoms with Gasteiger partial charge in [0, 0.05) is 12.1 Å². The molecule has 24 heavy (non-hydrogen) atoms. The maximum atomic E-state index is 4.04. The van der Waals surface area contributed by atoms with E-state index in [2.05, 4.69) is 85.1 Å². The molecule has 2 nitrogen and oxygen atoms in total. The predicted molar refractivity (Wildman–Crippen MR) is 103 cm³/mol. The van der Waals surface area contributed by atoms with Crippen LogP contribution in [0, 0.1) is 0 Å². The van der Waals surface area contributed by atoms with Crippen LogP contribution in [-0.2, 0) is 6.42 Å². The Kier molecular flexibility index (Phi) is 5.37. The second-order valence-corrected chi connectivity index (χ2v) is 7.00. The number of anilines is 1. The molecule has 2 heteroatoms. The first-order valence-corrected chi connectivity index (χ1v) is 9.04. The maximum Gasteiger partial charge on any atom is 0.0974 e. The summed E-state index contributed by atoms with van der Waals surface area (Å²) in [5.41, 5.74) is 2.79. The van der Waals surface area contributed by atoms with Crippen molar-refractivity contribution in [3.8, 4) is 0 Å². The highest BCUT2D eigenvalue weighted by atomic mass is 15.4. The van der Waals surface area contributed by atoms with Gasteiger partial charge in [-0.3, -0.25) is 0 Å². The van der Waals surface area contributed by atoms with Crippen LogP contribution in [0.4, 0.5) is 5.69 Å². The van der Waals surface area contributed by atoms with Crippen LogP contribution in [0.25, 0.3) is 0 Å². The van der Waals surface area contributed by atoms with E-state index in [1.165, 1.54) is 24.3 Å². The third-order valence-corrected chi connectivity index (χ3v) is 5.55. The van der Waals surface area contributed by atoms with Crippen molar-refractivity contribution < 1.29 is 4.48 Å². The van der Waals surface area contributed by atoms with Crippen LogP contribution in [0.2, 0.25) is 0 Å². The predicted octanol–water partition coefficient (Wildman–Crippen LogP) is 4.14. The highest BCUT2D eigenvalue weighted by Gasteiger charge is 2.36. The van der Waals surface area contributed by atoms with E-state index in [0.717, 1.165) is 30.5 Å². The zero-order valence-electron chi connectivity index (χ0n) is 14.8. The standard InChI is InChI=1S/C22H29N2/c1-3-16-24(20(2)19-21-10-6-4-7-11-21)17-14-23(15-18-24)22-12-8-5-9-13-22/h3-13,20H,1,14-19H2,2H3/q+1. The number of quaternary nitrogens is 1. The number of hydrogen-bond donors (Lipinski definition) is 0. The second-order valence-electron chi connectivity index (χ2n) is 7.00. The minimum absolute atomic E-state index is 0.614. The minimum atomic E-state index is 0.614. The van der Waals surface area contributed by atoms with E-state index >= 15 is 0 Å². The molecule has 2 aromatic carbocycles. The fourth-order valence-electron chi connectivity index (χ4n) is 3.97. The lowest BCUT2D eigenvalue weighted by atomic mass is 10.0.